The lowest BCUT2D eigenvalue weighted by Gasteiger charge is -2.46. The van der Waals surface area contributed by atoms with Gasteiger partial charge in [0, 0.05) is 26.2 Å². The van der Waals surface area contributed by atoms with Gasteiger partial charge in [0.1, 0.15) is 0 Å². The van der Waals surface area contributed by atoms with Crippen LogP contribution >= 0.6 is 0 Å². The highest BCUT2D eigenvalue weighted by molar-refractivity contribution is 4.96. The van der Waals surface area contributed by atoms with Gasteiger partial charge in [-0.25, -0.2) is 0 Å². The lowest BCUT2D eigenvalue weighted by atomic mass is 9.91. The first kappa shape index (κ1) is 13.9. The van der Waals surface area contributed by atoms with Crippen molar-refractivity contribution in [3.05, 3.63) is 0 Å². The van der Waals surface area contributed by atoms with Crippen LogP contribution in [0.25, 0.3) is 0 Å². The van der Waals surface area contributed by atoms with Crippen LogP contribution in [0.3, 0.4) is 0 Å². The third-order valence-corrected chi connectivity index (χ3v) is 4.07. The standard InChI is InChI=1S/C13H28N2O/c1-10(2)15(8-12-6-7-12)13(4,9-14)11(3)16-5/h10-12H,6-9,14H2,1-5H3. The number of rotatable bonds is 7. The lowest BCUT2D eigenvalue weighted by Crippen LogP contribution is -2.61. The van der Waals surface area contributed by atoms with Crippen LogP contribution in [-0.4, -0.2) is 42.8 Å². The second-order valence-corrected chi connectivity index (χ2v) is 5.63. The minimum absolute atomic E-state index is 0.0501. The van der Waals surface area contributed by atoms with Crippen molar-refractivity contribution in [3.63, 3.8) is 0 Å². The molecule has 0 radical (unpaired) electrons. The molecule has 2 atom stereocenters. The van der Waals surface area contributed by atoms with E-state index in [4.69, 9.17) is 10.5 Å². The Bertz CT molecular complexity index is 216. The van der Waals surface area contributed by atoms with E-state index >= 15 is 0 Å². The molecule has 0 heterocycles. The summed E-state index contributed by atoms with van der Waals surface area (Å²) in [5.41, 5.74) is 5.95. The molecule has 0 aromatic heterocycles. The summed E-state index contributed by atoms with van der Waals surface area (Å²) in [5, 5.41) is 0. The molecule has 1 saturated carbocycles. The van der Waals surface area contributed by atoms with Crippen LogP contribution < -0.4 is 5.73 Å². The summed E-state index contributed by atoms with van der Waals surface area (Å²) in [4.78, 5) is 2.53. The van der Waals surface area contributed by atoms with E-state index in [0.29, 0.717) is 12.6 Å². The zero-order chi connectivity index (χ0) is 12.3. The molecule has 0 amide bonds. The predicted molar refractivity (Wildman–Crippen MR) is 68.5 cm³/mol. The van der Waals surface area contributed by atoms with Gasteiger partial charge in [-0.15, -0.1) is 0 Å². The third-order valence-electron chi connectivity index (χ3n) is 4.07. The van der Waals surface area contributed by atoms with Crippen LogP contribution in [0.4, 0.5) is 0 Å². The van der Waals surface area contributed by atoms with E-state index in [-0.39, 0.29) is 11.6 Å². The maximum absolute atomic E-state index is 6.00. The second-order valence-electron chi connectivity index (χ2n) is 5.63. The number of nitrogens with two attached hydrogens (primary N) is 1. The average molecular weight is 228 g/mol. The van der Waals surface area contributed by atoms with E-state index in [1.807, 2.05) is 0 Å². The summed E-state index contributed by atoms with van der Waals surface area (Å²) < 4.78 is 5.52. The van der Waals surface area contributed by atoms with Gasteiger partial charge in [0.25, 0.3) is 0 Å². The smallest absolute Gasteiger partial charge is 0.0736 e. The Hall–Kier alpha value is -0.120. The van der Waals surface area contributed by atoms with E-state index < -0.39 is 0 Å². The normalized spacial score (nSPS) is 22.5. The molecule has 0 bridgehead atoms. The fraction of sp³-hybridized carbons (Fsp3) is 1.00. The molecule has 1 rings (SSSR count). The highest BCUT2D eigenvalue weighted by Gasteiger charge is 2.40. The zero-order valence-electron chi connectivity index (χ0n) is 11.5. The summed E-state index contributed by atoms with van der Waals surface area (Å²) in [5.74, 6) is 0.886. The van der Waals surface area contributed by atoms with Crippen LogP contribution in [0.15, 0.2) is 0 Å². The molecule has 16 heavy (non-hydrogen) atoms. The van der Waals surface area contributed by atoms with Gasteiger partial charge in [-0.2, -0.15) is 0 Å². The topological polar surface area (TPSA) is 38.5 Å². The molecule has 3 heteroatoms. The van der Waals surface area contributed by atoms with Crippen molar-refractivity contribution in [1.29, 1.82) is 0 Å². The Morgan fingerprint density at radius 2 is 1.94 bits per heavy atom. The van der Waals surface area contributed by atoms with Crippen molar-refractivity contribution in [2.45, 2.75) is 58.2 Å². The fourth-order valence-electron chi connectivity index (χ4n) is 2.36. The quantitative estimate of drug-likeness (QED) is 0.723. The van der Waals surface area contributed by atoms with Crippen molar-refractivity contribution in [1.82, 2.24) is 4.90 Å². The SMILES string of the molecule is COC(C)C(C)(CN)N(CC1CC1)C(C)C. The van der Waals surface area contributed by atoms with E-state index in [1.165, 1.54) is 19.4 Å². The Kier molecular flexibility index (Phi) is 4.77. The molecular formula is C13H28N2O. The molecule has 0 aliphatic heterocycles. The van der Waals surface area contributed by atoms with Crippen molar-refractivity contribution >= 4 is 0 Å². The van der Waals surface area contributed by atoms with E-state index in [1.54, 1.807) is 7.11 Å². The van der Waals surface area contributed by atoms with Crippen LogP contribution in [0.1, 0.15) is 40.5 Å². The summed E-state index contributed by atoms with van der Waals surface area (Å²) in [7, 11) is 1.77. The summed E-state index contributed by atoms with van der Waals surface area (Å²) >= 11 is 0. The fourth-order valence-corrected chi connectivity index (χ4v) is 2.36. The molecule has 1 fully saturated rings. The van der Waals surface area contributed by atoms with Gasteiger partial charge in [-0.1, -0.05) is 0 Å². The molecule has 0 saturated heterocycles. The predicted octanol–water partition coefficient (Wildman–Crippen LogP) is 1.86. The van der Waals surface area contributed by atoms with E-state index in [0.717, 1.165) is 5.92 Å². The molecule has 0 aromatic rings. The monoisotopic (exact) mass is 228 g/mol. The number of ether oxygens (including phenoxy) is 1. The highest BCUT2D eigenvalue weighted by Crippen LogP contribution is 2.34. The molecule has 2 N–H and O–H groups in total. The van der Waals surface area contributed by atoms with Gasteiger partial charge in [0.2, 0.25) is 0 Å². The van der Waals surface area contributed by atoms with E-state index in [9.17, 15) is 0 Å². The first-order valence-electron chi connectivity index (χ1n) is 6.45. The molecule has 1 aliphatic carbocycles. The molecule has 3 nitrogen and oxygen atoms in total. The Balaban J connectivity index is 2.77. The lowest BCUT2D eigenvalue weighted by molar-refractivity contribution is -0.0471. The molecular weight excluding hydrogens is 200 g/mol. The van der Waals surface area contributed by atoms with Gasteiger partial charge >= 0.3 is 0 Å². The van der Waals surface area contributed by atoms with Gasteiger partial charge in [-0.05, 0) is 46.5 Å². The Morgan fingerprint density at radius 1 is 1.38 bits per heavy atom. The third kappa shape index (κ3) is 2.96. The van der Waals surface area contributed by atoms with Crippen LogP contribution in [-0.2, 0) is 4.74 Å². The summed E-state index contributed by atoms with van der Waals surface area (Å²) in [6, 6.07) is 0.520. The molecule has 1 aliphatic rings. The number of methoxy groups -OCH3 is 1. The Morgan fingerprint density at radius 3 is 2.25 bits per heavy atom. The Labute approximate surface area is 100 Å². The number of hydrogen-bond donors (Lipinski definition) is 1. The van der Waals surface area contributed by atoms with Crippen LogP contribution in [0, 0.1) is 5.92 Å². The molecule has 0 spiro atoms. The van der Waals surface area contributed by atoms with Crippen molar-refractivity contribution in [3.8, 4) is 0 Å². The minimum Gasteiger partial charge on any atom is -0.380 e. The second kappa shape index (κ2) is 5.48. The van der Waals surface area contributed by atoms with Crippen molar-refractivity contribution in [2.75, 3.05) is 20.2 Å². The van der Waals surface area contributed by atoms with Crippen molar-refractivity contribution in [2.24, 2.45) is 11.7 Å². The molecule has 0 aromatic carbocycles. The van der Waals surface area contributed by atoms with Gasteiger partial charge < -0.3 is 10.5 Å². The minimum atomic E-state index is -0.0501. The first-order chi connectivity index (χ1) is 7.45. The largest absolute Gasteiger partial charge is 0.380 e. The average Bonchev–Trinajstić information content (AvgIpc) is 3.07. The highest BCUT2D eigenvalue weighted by atomic mass is 16.5. The van der Waals surface area contributed by atoms with Crippen LogP contribution in [0.5, 0.6) is 0 Å². The number of nitrogens with zero attached hydrogens (tertiary/aromatic N) is 1. The maximum atomic E-state index is 6.00. The van der Waals surface area contributed by atoms with Gasteiger partial charge in [0.15, 0.2) is 0 Å². The van der Waals surface area contributed by atoms with Crippen LogP contribution in [0.2, 0.25) is 0 Å². The first-order valence-corrected chi connectivity index (χ1v) is 6.45. The van der Waals surface area contributed by atoms with E-state index in [2.05, 4.69) is 32.6 Å². The number of hydrogen-bond acceptors (Lipinski definition) is 3. The van der Waals surface area contributed by atoms with Gasteiger partial charge in [0.05, 0.1) is 11.6 Å². The van der Waals surface area contributed by atoms with Gasteiger partial charge in [-0.3, -0.25) is 4.90 Å². The summed E-state index contributed by atoms with van der Waals surface area (Å²) in [6.45, 7) is 10.7. The summed E-state index contributed by atoms with van der Waals surface area (Å²) in [6.07, 6.45) is 2.93. The zero-order valence-corrected chi connectivity index (χ0v) is 11.5. The van der Waals surface area contributed by atoms with Crippen molar-refractivity contribution < 1.29 is 4.74 Å². The molecule has 2 unspecified atom stereocenters. The maximum Gasteiger partial charge on any atom is 0.0736 e. The molecule has 96 valence electrons.